The minimum atomic E-state index is -0.800. The molecular weight excluding hydrogens is 653 g/mol. The SMILES string of the molecule is COc1cc(-c2nccc(-c3cccc(-c4ccc(CNC[C@@H]5CCC(=O)N5)c(OC)n4)c3Cl)c2Cl)ccc1CN1CCC[C@@H]1C(=O)O. The predicted molar refractivity (Wildman–Crippen MR) is 185 cm³/mol. The van der Waals surface area contributed by atoms with E-state index in [0.717, 1.165) is 47.2 Å². The van der Waals surface area contributed by atoms with Gasteiger partial charge in [0, 0.05) is 71.7 Å². The van der Waals surface area contributed by atoms with E-state index in [1.165, 1.54) is 0 Å². The second kappa shape index (κ2) is 14.9. The van der Waals surface area contributed by atoms with E-state index in [2.05, 4.69) is 15.6 Å². The summed E-state index contributed by atoms with van der Waals surface area (Å²) in [4.78, 5) is 34.5. The lowest BCUT2D eigenvalue weighted by Crippen LogP contribution is -2.35. The Bertz CT molecular complexity index is 1840. The van der Waals surface area contributed by atoms with Crippen LogP contribution in [-0.2, 0) is 22.7 Å². The molecule has 2 atom stereocenters. The summed E-state index contributed by atoms with van der Waals surface area (Å²) in [6.07, 6.45) is 4.58. The van der Waals surface area contributed by atoms with Crippen molar-refractivity contribution in [1.82, 2.24) is 25.5 Å². The van der Waals surface area contributed by atoms with Crippen molar-refractivity contribution in [3.8, 4) is 45.3 Å². The third kappa shape index (κ3) is 7.12. The summed E-state index contributed by atoms with van der Waals surface area (Å²) in [7, 11) is 3.19. The van der Waals surface area contributed by atoms with E-state index >= 15 is 0 Å². The summed E-state index contributed by atoms with van der Waals surface area (Å²) in [6, 6.07) is 16.8. The lowest BCUT2D eigenvalue weighted by molar-refractivity contribution is -0.142. The van der Waals surface area contributed by atoms with E-state index in [1.54, 1.807) is 20.4 Å². The fourth-order valence-corrected chi connectivity index (χ4v) is 7.12. The van der Waals surface area contributed by atoms with Gasteiger partial charge in [-0.15, -0.1) is 0 Å². The average molecular weight is 691 g/mol. The van der Waals surface area contributed by atoms with Gasteiger partial charge in [-0.05, 0) is 44.0 Å². The van der Waals surface area contributed by atoms with Crippen molar-refractivity contribution >= 4 is 35.1 Å². The standard InChI is InChI=1S/C36H37Cl2N5O5/c1-47-30-17-21(8-9-23(30)20-43-16-4-7-29(43)36(45)46)34-33(38)26(14-15-40-34)25-5-3-6-27(32(25)37)28-12-10-22(35(42-28)48-2)18-39-19-24-11-13-31(44)41-24/h3,5-6,8-10,12,14-15,17,24,29,39H,4,7,11,13,16,18-20H2,1-2H3,(H,41,44)(H,45,46)/t24-,29+/m0/s1. The zero-order valence-electron chi connectivity index (χ0n) is 26.8. The summed E-state index contributed by atoms with van der Waals surface area (Å²) in [5.74, 6) is 0.415. The zero-order chi connectivity index (χ0) is 33.8. The molecule has 0 bridgehead atoms. The van der Waals surface area contributed by atoms with Crippen molar-refractivity contribution in [2.24, 2.45) is 0 Å². The van der Waals surface area contributed by atoms with Gasteiger partial charge in [0.2, 0.25) is 11.8 Å². The van der Waals surface area contributed by atoms with Crippen LogP contribution < -0.4 is 20.1 Å². The number of likely N-dealkylation sites (tertiary alicyclic amines) is 1. The molecule has 2 aromatic carbocycles. The molecule has 10 nitrogen and oxygen atoms in total. The van der Waals surface area contributed by atoms with E-state index in [0.29, 0.717) is 71.1 Å². The van der Waals surface area contributed by atoms with Crippen molar-refractivity contribution in [2.45, 2.75) is 50.9 Å². The summed E-state index contributed by atoms with van der Waals surface area (Å²) in [6.45, 7) is 2.41. The first kappa shape index (κ1) is 33.7. The molecule has 4 aromatic rings. The molecule has 3 N–H and O–H groups in total. The zero-order valence-corrected chi connectivity index (χ0v) is 28.3. The van der Waals surface area contributed by atoms with Crippen LogP contribution in [0.1, 0.15) is 36.8 Å². The lowest BCUT2D eigenvalue weighted by Gasteiger charge is -2.22. The van der Waals surface area contributed by atoms with E-state index in [4.69, 9.17) is 37.7 Å². The Morgan fingerprint density at radius 2 is 1.81 bits per heavy atom. The highest BCUT2D eigenvalue weighted by atomic mass is 35.5. The molecule has 2 aromatic heterocycles. The Morgan fingerprint density at radius 3 is 2.56 bits per heavy atom. The van der Waals surface area contributed by atoms with Crippen molar-refractivity contribution in [2.75, 3.05) is 27.3 Å². The molecule has 0 saturated carbocycles. The maximum Gasteiger partial charge on any atom is 0.320 e. The first-order valence-electron chi connectivity index (χ1n) is 15.9. The van der Waals surface area contributed by atoms with Crippen molar-refractivity contribution in [3.05, 3.63) is 82.0 Å². The molecule has 48 heavy (non-hydrogen) atoms. The number of carbonyl (C=O) groups is 2. The van der Waals surface area contributed by atoms with Gasteiger partial charge in [0.15, 0.2) is 0 Å². The van der Waals surface area contributed by atoms with Gasteiger partial charge in [-0.25, -0.2) is 4.98 Å². The first-order chi connectivity index (χ1) is 23.3. The number of methoxy groups -OCH3 is 2. The van der Waals surface area contributed by atoms with Crippen molar-refractivity contribution < 1.29 is 24.2 Å². The molecular formula is C36H37Cl2N5O5. The topological polar surface area (TPSA) is 126 Å². The number of nitrogens with one attached hydrogen (secondary N) is 2. The largest absolute Gasteiger partial charge is 0.496 e. The van der Waals surface area contributed by atoms with E-state index in [9.17, 15) is 14.7 Å². The summed E-state index contributed by atoms with van der Waals surface area (Å²) in [5, 5.41) is 16.9. The van der Waals surface area contributed by atoms with Crippen LogP contribution in [-0.4, -0.2) is 71.2 Å². The molecule has 0 radical (unpaired) electrons. The molecule has 2 fully saturated rings. The smallest absolute Gasteiger partial charge is 0.320 e. The number of rotatable bonds is 12. The van der Waals surface area contributed by atoms with Crippen LogP contribution in [0.25, 0.3) is 33.6 Å². The van der Waals surface area contributed by atoms with E-state index < -0.39 is 12.0 Å². The second-order valence-corrected chi connectivity index (χ2v) is 12.7. The third-order valence-corrected chi connectivity index (χ3v) is 9.75. The molecule has 0 unspecified atom stereocenters. The van der Waals surface area contributed by atoms with Crippen LogP contribution >= 0.6 is 23.2 Å². The van der Waals surface area contributed by atoms with E-state index in [-0.39, 0.29) is 11.9 Å². The molecule has 250 valence electrons. The van der Waals surface area contributed by atoms with Gasteiger partial charge in [-0.2, -0.15) is 0 Å². The molecule has 2 aliphatic rings. The van der Waals surface area contributed by atoms with Crippen molar-refractivity contribution in [3.63, 3.8) is 0 Å². The van der Waals surface area contributed by atoms with Crippen LogP contribution in [0.3, 0.4) is 0 Å². The number of amides is 1. The summed E-state index contributed by atoms with van der Waals surface area (Å²) < 4.78 is 11.4. The normalized spacial score (nSPS) is 17.8. The van der Waals surface area contributed by atoms with Gasteiger partial charge in [-0.1, -0.05) is 59.6 Å². The number of ether oxygens (including phenoxy) is 2. The minimum absolute atomic E-state index is 0.0922. The maximum atomic E-state index is 11.7. The van der Waals surface area contributed by atoms with Crippen LogP contribution in [0.5, 0.6) is 11.6 Å². The number of benzene rings is 2. The Morgan fingerprint density at radius 1 is 1.02 bits per heavy atom. The Labute approximate surface area is 289 Å². The Kier molecular flexibility index (Phi) is 10.5. The van der Waals surface area contributed by atoms with Gasteiger partial charge in [0.1, 0.15) is 11.8 Å². The van der Waals surface area contributed by atoms with E-state index in [1.807, 2.05) is 59.5 Å². The number of nitrogens with zero attached hydrogens (tertiary/aromatic N) is 3. The minimum Gasteiger partial charge on any atom is -0.496 e. The Hall–Kier alpha value is -4.22. The molecule has 2 saturated heterocycles. The third-order valence-electron chi connectivity index (χ3n) is 8.96. The molecule has 12 heteroatoms. The second-order valence-electron chi connectivity index (χ2n) is 12.0. The number of pyridine rings is 2. The molecule has 2 aliphatic heterocycles. The van der Waals surface area contributed by atoms with Gasteiger partial charge in [-0.3, -0.25) is 19.5 Å². The highest BCUT2D eigenvalue weighted by Crippen LogP contribution is 2.42. The van der Waals surface area contributed by atoms with Crippen molar-refractivity contribution in [1.29, 1.82) is 0 Å². The number of hydrogen-bond acceptors (Lipinski definition) is 8. The van der Waals surface area contributed by atoms with Gasteiger partial charge >= 0.3 is 5.97 Å². The van der Waals surface area contributed by atoms with Gasteiger partial charge < -0.3 is 25.2 Å². The maximum absolute atomic E-state index is 11.7. The highest BCUT2D eigenvalue weighted by Gasteiger charge is 2.31. The highest BCUT2D eigenvalue weighted by molar-refractivity contribution is 6.39. The quantitative estimate of drug-likeness (QED) is 0.159. The fraction of sp³-hybridized carbons (Fsp3) is 0.333. The van der Waals surface area contributed by atoms with Crippen LogP contribution in [0.15, 0.2) is 60.8 Å². The predicted octanol–water partition coefficient (Wildman–Crippen LogP) is 6.22. The molecule has 0 spiro atoms. The molecule has 0 aliphatic carbocycles. The Balaban J connectivity index is 1.24. The number of carboxylic acid groups (broad SMARTS) is 1. The average Bonchev–Trinajstić information content (AvgIpc) is 3.74. The molecule has 1 amide bonds. The molecule has 4 heterocycles. The fourth-order valence-electron chi connectivity index (χ4n) is 6.47. The van der Waals surface area contributed by atoms with Crippen LogP contribution in [0.4, 0.5) is 0 Å². The molecule has 6 rings (SSSR count). The number of hydrogen-bond donors (Lipinski definition) is 3. The van der Waals surface area contributed by atoms with Crippen LogP contribution in [0.2, 0.25) is 10.0 Å². The number of aliphatic carboxylic acids is 1. The van der Waals surface area contributed by atoms with Gasteiger partial charge in [0.05, 0.1) is 35.7 Å². The lowest BCUT2D eigenvalue weighted by atomic mass is 9.99. The number of aromatic nitrogens is 2. The summed E-state index contributed by atoms with van der Waals surface area (Å²) in [5.41, 5.74) is 5.93. The number of carboxylic acids is 1. The monoisotopic (exact) mass is 689 g/mol. The number of carbonyl (C=O) groups excluding carboxylic acids is 1. The van der Waals surface area contributed by atoms with Gasteiger partial charge in [0.25, 0.3) is 0 Å². The van der Waals surface area contributed by atoms with Crippen LogP contribution in [0, 0.1) is 0 Å². The summed E-state index contributed by atoms with van der Waals surface area (Å²) >= 11 is 14.1. The number of halogens is 2. The first-order valence-corrected chi connectivity index (χ1v) is 16.6.